The van der Waals surface area contributed by atoms with Crippen molar-refractivity contribution in [3.05, 3.63) is 47.2 Å². The Morgan fingerprint density at radius 1 is 1.00 bits per heavy atom. The van der Waals surface area contributed by atoms with Gasteiger partial charge in [-0.2, -0.15) is 0 Å². The van der Waals surface area contributed by atoms with Gasteiger partial charge in [-0.3, -0.25) is 0 Å². The van der Waals surface area contributed by atoms with Crippen LogP contribution >= 0.6 is 0 Å². The van der Waals surface area contributed by atoms with E-state index < -0.39 is 0 Å². The van der Waals surface area contributed by atoms with Crippen LogP contribution in [0, 0.1) is 17.8 Å². The first-order chi connectivity index (χ1) is 11.1. The van der Waals surface area contributed by atoms with E-state index in [0.29, 0.717) is 0 Å². The van der Waals surface area contributed by atoms with Crippen LogP contribution in [0.1, 0.15) is 58.3 Å². The van der Waals surface area contributed by atoms with E-state index in [1.54, 1.807) is 5.57 Å². The second-order valence-corrected chi connectivity index (χ2v) is 7.76. The first-order valence-electron chi connectivity index (χ1n) is 9.34. The van der Waals surface area contributed by atoms with Crippen LogP contribution in [0.5, 0.6) is 0 Å². The van der Waals surface area contributed by atoms with Crippen LogP contribution in [-0.4, -0.2) is 6.04 Å². The van der Waals surface area contributed by atoms with Crippen molar-refractivity contribution in [2.24, 2.45) is 29.2 Å². The quantitative estimate of drug-likeness (QED) is 0.732. The largest absolute Gasteiger partial charge is 0.400 e. The summed E-state index contributed by atoms with van der Waals surface area (Å²) in [5.41, 5.74) is 17.3. The van der Waals surface area contributed by atoms with E-state index in [2.05, 4.69) is 24.8 Å². The first kappa shape index (κ1) is 16.6. The summed E-state index contributed by atoms with van der Waals surface area (Å²) in [6, 6.07) is -0.0884. The zero-order valence-electron chi connectivity index (χ0n) is 14.6. The fourth-order valence-corrected chi connectivity index (χ4v) is 4.77. The van der Waals surface area contributed by atoms with Crippen LogP contribution in [0.3, 0.4) is 0 Å². The molecule has 3 aliphatic carbocycles. The Kier molecular flexibility index (Phi) is 5.11. The molecule has 3 rings (SSSR count). The monoisotopic (exact) mass is 312 g/mol. The lowest BCUT2D eigenvalue weighted by Crippen LogP contribution is -2.33. The minimum Gasteiger partial charge on any atom is -0.400 e. The zero-order valence-corrected chi connectivity index (χ0v) is 14.6. The lowest BCUT2D eigenvalue weighted by molar-refractivity contribution is 0.193. The molecule has 0 heterocycles. The minimum atomic E-state index is -0.0884. The fourth-order valence-electron chi connectivity index (χ4n) is 4.77. The molecule has 1 unspecified atom stereocenters. The Bertz CT molecular complexity index is 534. The molecule has 0 amide bonds. The maximum atomic E-state index is 6.35. The third kappa shape index (κ3) is 3.47. The van der Waals surface area contributed by atoms with Crippen LogP contribution in [0.2, 0.25) is 0 Å². The van der Waals surface area contributed by atoms with E-state index in [1.807, 2.05) is 6.92 Å². The number of allylic oxidation sites excluding steroid dienone is 4. The first-order valence-corrected chi connectivity index (χ1v) is 9.34. The zero-order chi connectivity index (χ0) is 16.4. The Hall–Kier alpha value is -1.28. The fraction of sp³-hybridized carbons (Fsp3) is 0.619. The van der Waals surface area contributed by atoms with E-state index in [4.69, 9.17) is 11.5 Å². The molecule has 1 atom stereocenters. The molecule has 0 aromatic heterocycles. The average Bonchev–Trinajstić information content (AvgIpc) is 2.60. The second kappa shape index (κ2) is 7.09. The highest BCUT2D eigenvalue weighted by atomic mass is 14.8. The summed E-state index contributed by atoms with van der Waals surface area (Å²) in [5, 5.41) is 0. The lowest BCUT2D eigenvalue weighted by atomic mass is 9.69. The van der Waals surface area contributed by atoms with Crippen molar-refractivity contribution in [3.8, 4) is 0 Å². The highest BCUT2D eigenvalue weighted by Crippen LogP contribution is 2.42. The molecule has 126 valence electrons. The maximum Gasteiger partial charge on any atom is 0.0700 e. The SMILES string of the molecule is C=CC1CCC(C2CCC(=C3C=CC(C)=C(N)C3N)CC2)CC1. The topological polar surface area (TPSA) is 52.0 Å². The van der Waals surface area contributed by atoms with Crippen LogP contribution in [0.25, 0.3) is 0 Å². The normalized spacial score (nSPS) is 35.6. The Morgan fingerprint density at radius 2 is 1.61 bits per heavy atom. The standard InChI is InChI=1S/C21H32N2/c1-3-15-5-7-16(8-6-15)17-9-11-18(12-10-17)19-13-4-14(2)20(22)21(19)23/h3-4,13,15-17,21H,1,5-12,22-23H2,2H3. The van der Waals surface area contributed by atoms with Gasteiger partial charge in [0, 0.05) is 5.70 Å². The van der Waals surface area contributed by atoms with Gasteiger partial charge in [0.25, 0.3) is 0 Å². The number of rotatable bonds is 2. The van der Waals surface area contributed by atoms with Crippen molar-refractivity contribution in [3.63, 3.8) is 0 Å². The Balaban J connectivity index is 1.60. The van der Waals surface area contributed by atoms with Gasteiger partial charge in [-0.05, 0) is 87.2 Å². The van der Waals surface area contributed by atoms with Crippen LogP contribution in [0.15, 0.2) is 47.2 Å². The lowest BCUT2D eigenvalue weighted by Gasteiger charge is -2.36. The summed E-state index contributed by atoms with van der Waals surface area (Å²) in [6.45, 7) is 6.01. The molecule has 0 aromatic carbocycles. The highest BCUT2D eigenvalue weighted by molar-refractivity contribution is 5.46. The summed E-state index contributed by atoms with van der Waals surface area (Å²) in [6.07, 6.45) is 17.1. The van der Waals surface area contributed by atoms with Crippen molar-refractivity contribution in [1.29, 1.82) is 0 Å². The Morgan fingerprint density at radius 3 is 2.22 bits per heavy atom. The molecule has 0 bridgehead atoms. The van der Waals surface area contributed by atoms with Gasteiger partial charge in [-0.25, -0.2) is 0 Å². The van der Waals surface area contributed by atoms with Crippen molar-refractivity contribution in [1.82, 2.24) is 0 Å². The van der Waals surface area contributed by atoms with Gasteiger partial charge in [0.05, 0.1) is 6.04 Å². The number of hydrogen-bond acceptors (Lipinski definition) is 2. The van der Waals surface area contributed by atoms with Gasteiger partial charge in [0.1, 0.15) is 0 Å². The molecular formula is C21H32N2. The van der Waals surface area contributed by atoms with Crippen LogP contribution in [0.4, 0.5) is 0 Å². The van der Waals surface area contributed by atoms with Crippen molar-refractivity contribution in [2.75, 3.05) is 0 Å². The van der Waals surface area contributed by atoms with Crippen molar-refractivity contribution >= 4 is 0 Å². The molecule has 3 aliphatic rings. The molecule has 2 fully saturated rings. The summed E-state index contributed by atoms with van der Waals surface area (Å²) in [7, 11) is 0. The van der Waals surface area contributed by atoms with Gasteiger partial charge in [0.15, 0.2) is 0 Å². The molecule has 0 radical (unpaired) electrons. The van der Waals surface area contributed by atoms with E-state index in [0.717, 1.165) is 29.0 Å². The molecule has 0 aromatic rings. The maximum absolute atomic E-state index is 6.35. The van der Waals surface area contributed by atoms with Crippen molar-refractivity contribution in [2.45, 2.75) is 64.3 Å². The van der Waals surface area contributed by atoms with Crippen molar-refractivity contribution < 1.29 is 0 Å². The van der Waals surface area contributed by atoms with Gasteiger partial charge in [0.2, 0.25) is 0 Å². The summed E-state index contributed by atoms with van der Waals surface area (Å²) < 4.78 is 0. The predicted octanol–water partition coefficient (Wildman–Crippen LogP) is 4.60. The molecule has 0 saturated heterocycles. The van der Waals surface area contributed by atoms with E-state index in [-0.39, 0.29) is 6.04 Å². The molecule has 2 nitrogen and oxygen atoms in total. The minimum absolute atomic E-state index is 0.0884. The summed E-state index contributed by atoms with van der Waals surface area (Å²) in [4.78, 5) is 0. The van der Waals surface area contributed by atoms with E-state index >= 15 is 0 Å². The number of hydrogen-bond donors (Lipinski definition) is 2. The van der Waals surface area contributed by atoms with Gasteiger partial charge in [-0.15, -0.1) is 6.58 Å². The Labute approximate surface area is 141 Å². The summed E-state index contributed by atoms with van der Waals surface area (Å²) in [5.74, 6) is 2.64. The predicted molar refractivity (Wildman–Crippen MR) is 98.6 cm³/mol. The van der Waals surface area contributed by atoms with Crippen LogP contribution in [-0.2, 0) is 0 Å². The molecule has 0 aliphatic heterocycles. The van der Waals surface area contributed by atoms with Gasteiger partial charge in [-0.1, -0.05) is 23.8 Å². The van der Waals surface area contributed by atoms with E-state index in [1.165, 1.54) is 56.9 Å². The van der Waals surface area contributed by atoms with Gasteiger partial charge < -0.3 is 11.5 Å². The molecule has 4 N–H and O–H groups in total. The number of nitrogens with two attached hydrogens (primary N) is 2. The second-order valence-electron chi connectivity index (χ2n) is 7.76. The van der Waals surface area contributed by atoms with Crippen LogP contribution < -0.4 is 11.5 Å². The molecule has 0 spiro atoms. The average molecular weight is 313 g/mol. The molecule has 2 saturated carbocycles. The molecular weight excluding hydrogens is 280 g/mol. The van der Waals surface area contributed by atoms with E-state index in [9.17, 15) is 0 Å². The third-order valence-corrected chi connectivity index (χ3v) is 6.50. The highest BCUT2D eigenvalue weighted by Gasteiger charge is 2.30. The van der Waals surface area contributed by atoms with Gasteiger partial charge >= 0.3 is 0 Å². The smallest absolute Gasteiger partial charge is 0.0700 e. The molecule has 23 heavy (non-hydrogen) atoms. The molecule has 2 heteroatoms. The third-order valence-electron chi connectivity index (χ3n) is 6.50. The summed E-state index contributed by atoms with van der Waals surface area (Å²) >= 11 is 0.